The Labute approximate surface area is 272 Å². The Hall–Kier alpha value is -6.18. The Morgan fingerprint density at radius 3 is 1.66 bits per heavy atom. The molecule has 1 heterocycles. The monoisotopic (exact) mass is 596 g/mol. The fraction of sp³-hybridized carbons (Fsp3) is 0. The van der Waals surface area contributed by atoms with Crippen LogP contribution in [0.15, 0.2) is 170 Å². The average molecular weight is 597 g/mol. The molecule has 0 fully saturated rings. The van der Waals surface area contributed by atoms with Crippen molar-refractivity contribution in [2.75, 3.05) is 0 Å². The first-order valence-electron chi connectivity index (χ1n) is 16.2. The molecular formula is C46H28O. The zero-order valence-electron chi connectivity index (χ0n) is 25.6. The molecule has 0 aromatic heterocycles. The van der Waals surface area contributed by atoms with Crippen LogP contribution in [0.25, 0.3) is 87.6 Å². The van der Waals surface area contributed by atoms with E-state index in [1.165, 1.54) is 82.0 Å². The molecule has 218 valence electrons. The van der Waals surface area contributed by atoms with Crippen LogP contribution < -0.4 is 4.74 Å². The molecule has 9 aromatic rings. The van der Waals surface area contributed by atoms with Crippen LogP contribution in [0.2, 0.25) is 0 Å². The molecule has 1 nitrogen and oxygen atoms in total. The first kappa shape index (κ1) is 26.1. The quantitative estimate of drug-likeness (QED) is 0.146. The lowest BCUT2D eigenvalue weighted by Gasteiger charge is -2.24. The van der Waals surface area contributed by atoms with Crippen molar-refractivity contribution in [1.82, 2.24) is 0 Å². The van der Waals surface area contributed by atoms with E-state index in [-0.39, 0.29) is 0 Å². The lowest BCUT2D eigenvalue weighted by atomic mass is 9.81. The second-order valence-corrected chi connectivity index (χ2v) is 12.4. The second kappa shape index (κ2) is 10.2. The molecule has 1 heteroatoms. The van der Waals surface area contributed by atoms with Gasteiger partial charge < -0.3 is 4.74 Å². The highest BCUT2D eigenvalue weighted by molar-refractivity contribution is 6.30. The highest BCUT2D eigenvalue weighted by Gasteiger charge is 2.24. The third-order valence-electron chi connectivity index (χ3n) is 9.86. The Morgan fingerprint density at radius 2 is 0.851 bits per heavy atom. The summed E-state index contributed by atoms with van der Waals surface area (Å²) in [6, 6.07) is 61.5. The first-order valence-corrected chi connectivity index (χ1v) is 16.2. The SMILES string of the molecule is c1ccc(-c2cccc3c2ccc2c(-c4ccc5c6c(cccc46)-c4ccccc4O5)c4ccccc4c(-c4ccccc4)c23)cc1. The Kier molecular flexibility index (Phi) is 5.64. The normalized spacial score (nSPS) is 12.0. The fourth-order valence-electron chi connectivity index (χ4n) is 7.90. The summed E-state index contributed by atoms with van der Waals surface area (Å²) in [5.74, 6) is 1.81. The van der Waals surface area contributed by atoms with Gasteiger partial charge in [0.25, 0.3) is 0 Å². The van der Waals surface area contributed by atoms with E-state index in [0.717, 1.165) is 17.1 Å². The van der Waals surface area contributed by atoms with Crippen molar-refractivity contribution in [2.45, 2.75) is 0 Å². The molecule has 0 atom stereocenters. The van der Waals surface area contributed by atoms with Gasteiger partial charge in [0.05, 0.1) is 0 Å². The van der Waals surface area contributed by atoms with Crippen LogP contribution in [0, 0.1) is 0 Å². The summed E-state index contributed by atoms with van der Waals surface area (Å²) < 4.78 is 6.51. The van der Waals surface area contributed by atoms with Gasteiger partial charge in [-0.15, -0.1) is 0 Å². The van der Waals surface area contributed by atoms with E-state index in [9.17, 15) is 0 Å². The molecular weight excluding hydrogens is 569 g/mol. The number of fused-ring (bicyclic) bond motifs is 6. The first-order chi connectivity index (χ1) is 23.3. The molecule has 0 bridgehead atoms. The van der Waals surface area contributed by atoms with Crippen LogP contribution in [0.5, 0.6) is 11.5 Å². The smallest absolute Gasteiger partial charge is 0.135 e. The molecule has 0 saturated heterocycles. The number of rotatable bonds is 3. The lowest BCUT2D eigenvalue weighted by molar-refractivity contribution is 0.487. The zero-order valence-corrected chi connectivity index (χ0v) is 25.6. The molecule has 0 amide bonds. The average Bonchev–Trinajstić information content (AvgIpc) is 3.14. The summed E-state index contributed by atoms with van der Waals surface area (Å²) in [5, 5.41) is 9.91. The highest BCUT2D eigenvalue weighted by atomic mass is 16.5. The van der Waals surface area contributed by atoms with E-state index in [4.69, 9.17) is 4.74 Å². The predicted octanol–water partition coefficient (Wildman–Crippen LogP) is 13.1. The van der Waals surface area contributed by atoms with Gasteiger partial charge in [0, 0.05) is 10.9 Å². The lowest BCUT2D eigenvalue weighted by Crippen LogP contribution is -1.98. The van der Waals surface area contributed by atoms with Crippen molar-refractivity contribution in [3.05, 3.63) is 170 Å². The van der Waals surface area contributed by atoms with Gasteiger partial charge in [0.15, 0.2) is 0 Å². The highest BCUT2D eigenvalue weighted by Crippen LogP contribution is 2.52. The topological polar surface area (TPSA) is 9.23 Å². The molecule has 0 unspecified atom stereocenters. The molecule has 0 spiro atoms. The Morgan fingerprint density at radius 1 is 0.255 bits per heavy atom. The Balaban J connectivity index is 1.39. The minimum absolute atomic E-state index is 0.907. The van der Waals surface area contributed by atoms with Gasteiger partial charge in [-0.1, -0.05) is 152 Å². The van der Waals surface area contributed by atoms with E-state index in [2.05, 4.69) is 164 Å². The van der Waals surface area contributed by atoms with E-state index in [1.807, 2.05) is 6.07 Å². The van der Waals surface area contributed by atoms with Crippen LogP contribution in [-0.4, -0.2) is 0 Å². The van der Waals surface area contributed by atoms with Gasteiger partial charge in [-0.3, -0.25) is 0 Å². The van der Waals surface area contributed by atoms with Crippen LogP contribution in [0.3, 0.4) is 0 Å². The summed E-state index contributed by atoms with van der Waals surface area (Å²) in [6.45, 7) is 0. The largest absolute Gasteiger partial charge is 0.456 e. The molecule has 0 aliphatic carbocycles. The van der Waals surface area contributed by atoms with Crippen molar-refractivity contribution >= 4 is 43.1 Å². The third kappa shape index (κ3) is 3.84. The Bertz CT molecular complexity index is 2690. The van der Waals surface area contributed by atoms with Crippen LogP contribution in [-0.2, 0) is 0 Å². The number of para-hydroxylation sites is 1. The van der Waals surface area contributed by atoms with Crippen LogP contribution in [0.1, 0.15) is 0 Å². The third-order valence-corrected chi connectivity index (χ3v) is 9.86. The van der Waals surface area contributed by atoms with Crippen molar-refractivity contribution in [1.29, 1.82) is 0 Å². The maximum absolute atomic E-state index is 6.51. The maximum Gasteiger partial charge on any atom is 0.135 e. The van der Waals surface area contributed by atoms with Gasteiger partial charge in [0.1, 0.15) is 11.5 Å². The van der Waals surface area contributed by atoms with Crippen LogP contribution in [0.4, 0.5) is 0 Å². The molecule has 0 saturated carbocycles. The summed E-state index contributed by atoms with van der Waals surface area (Å²) >= 11 is 0. The standard InChI is InChI=1S/C46H28O/c1-3-13-29(14-4-1)31-20-11-21-34-32(31)25-26-40-44(37-19-8-7-18-36(37)43(46(34)40)30-15-5-2-6-16-30)39-27-28-42-45-35(22-12-23-38(39)45)33-17-9-10-24-41(33)47-42/h1-28H. The van der Waals surface area contributed by atoms with Gasteiger partial charge in [0.2, 0.25) is 0 Å². The van der Waals surface area contributed by atoms with Crippen molar-refractivity contribution in [2.24, 2.45) is 0 Å². The molecule has 10 rings (SSSR count). The maximum atomic E-state index is 6.51. The van der Waals surface area contributed by atoms with E-state index >= 15 is 0 Å². The molecule has 0 N–H and O–H groups in total. The molecule has 1 aliphatic heterocycles. The summed E-state index contributed by atoms with van der Waals surface area (Å²) in [6.07, 6.45) is 0. The fourth-order valence-corrected chi connectivity index (χ4v) is 7.90. The van der Waals surface area contributed by atoms with Crippen molar-refractivity contribution < 1.29 is 4.74 Å². The van der Waals surface area contributed by atoms with Crippen molar-refractivity contribution in [3.63, 3.8) is 0 Å². The summed E-state index contributed by atoms with van der Waals surface area (Å²) in [7, 11) is 0. The van der Waals surface area contributed by atoms with Crippen molar-refractivity contribution in [3.8, 4) is 56.0 Å². The van der Waals surface area contributed by atoms with Gasteiger partial charge in [-0.2, -0.15) is 0 Å². The second-order valence-electron chi connectivity index (χ2n) is 12.4. The molecule has 47 heavy (non-hydrogen) atoms. The molecule has 1 aliphatic rings. The zero-order chi connectivity index (χ0) is 30.9. The summed E-state index contributed by atoms with van der Waals surface area (Å²) in [4.78, 5) is 0. The number of ether oxygens (including phenoxy) is 1. The number of hydrogen-bond acceptors (Lipinski definition) is 1. The number of hydrogen-bond donors (Lipinski definition) is 0. The van der Waals surface area contributed by atoms with E-state index in [0.29, 0.717) is 0 Å². The number of benzene rings is 9. The molecule has 0 radical (unpaired) electrons. The molecule has 9 aromatic carbocycles. The van der Waals surface area contributed by atoms with Gasteiger partial charge in [-0.25, -0.2) is 0 Å². The minimum atomic E-state index is 0.907. The predicted molar refractivity (Wildman–Crippen MR) is 198 cm³/mol. The van der Waals surface area contributed by atoms with E-state index in [1.54, 1.807) is 0 Å². The van der Waals surface area contributed by atoms with Gasteiger partial charge in [-0.05, 0) is 94.8 Å². The van der Waals surface area contributed by atoms with E-state index < -0.39 is 0 Å². The van der Waals surface area contributed by atoms with Gasteiger partial charge >= 0.3 is 0 Å². The minimum Gasteiger partial charge on any atom is -0.456 e. The summed E-state index contributed by atoms with van der Waals surface area (Å²) in [5.41, 5.74) is 9.79. The van der Waals surface area contributed by atoms with Crippen LogP contribution >= 0.6 is 0 Å².